The summed E-state index contributed by atoms with van der Waals surface area (Å²) in [6.07, 6.45) is 0. The van der Waals surface area contributed by atoms with Crippen LogP contribution in [-0.2, 0) is 14.8 Å². The lowest BCUT2D eigenvalue weighted by Crippen LogP contribution is -2.40. The van der Waals surface area contributed by atoms with E-state index in [9.17, 15) is 13.2 Å². The molecule has 1 N–H and O–H groups in total. The Hall–Kier alpha value is -0.920. The van der Waals surface area contributed by atoms with E-state index in [1.165, 1.54) is 22.8 Å². The monoisotopic (exact) mass is 263 g/mol. The van der Waals surface area contributed by atoms with Crippen molar-refractivity contribution in [1.82, 2.24) is 4.31 Å². The van der Waals surface area contributed by atoms with Crippen molar-refractivity contribution in [3.8, 4) is 0 Å². The zero-order chi connectivity index (χ0) is 12.3. The molecular formula is C9H13NO4S2. The zero-order valence-corrected chi connectivity index (χ0v) is 10.6. The largest absolute Gasteiger partial charge is 0.480 e. The van der Waals surface area contributed by atoms with Gasteiger partial charge in [0, 0.05) is 11.4 Å². The highest BCUT2D eigenvalue weighted by Crippen LogP contribution is 2.20. The van der Waals surface area contributed by atoms with Crippen molar-refractivity contribution in [3.63, 3.8) is 0 Å². The van der Waals surface area contributed by atoms with Crippen LogP contribution in [0, 0.1) is 0 Å². The van der Waals surface area contributed by atoms with Gasteiger partial charge in [0.05, 0.1) is 4.90 Å². The summed E-state index contributed by atoms with van der Waals surface area (Å²) in [5.74, 6) is -1.16. The molecule has 0 aliphatic heterocycles. The number of thiophene rings is 1. The lowest BCUT2D eigenvalue weighted by atomic mass is 10.4. The maximum atomic E-state index is 12.0. The first-order chi connectivity index (χ1) is 7.35. The molecule has 0 aromatic carbocycles. The summed E-state index contributed by atoms with van der Waals surface area (Å²) in [6.45, 7) is 2.77. The fourth-order valence-corrected chi connectivity index (χ4v) is 3.81. The van der Waals surface area contributed by atoms with E-state index in [2.05, 4.69) is 0 Å². The number of carbonyl (C=O) groups is 1. The molecular weight excluding hydrogens is 250 g/mol. The number of carboxylic acids is 1. The molecule has 0 saturated carbocycles. The van der Waals surface area contributed by atoms with Crippen molar-refractivity contribution >= 4 is 27.3 Å². The van der Waals surface area contributed by atoms with Gasteiger partial charge in [0.25, 0.3) is 0 Å². The van der Waals surface area contributed by atoms with Gasteiger partial charge in [-0.25, -0.2) is 8.42 Å². The first-order valence-corrected chi connectivity index (χ1v) is 7.00. The molecule has 0 aliphatic carbocycles. The first-order valence-electron chi connectivity index (χ1n) is 4.61. The highest BCUT2D eigenvalue weighted by Gasteiger charge is 2.28. The Morgan fingerprint density at radius 2 is 2.19 bits per heavy atom. The van der Waals surface area contributed by atoms with Gasteiger partial charge in [0.15, 0.2) is 0 Å². The van der Waals surface area contributed by atoms with Crippen LogP contribution in [0.5, 0.6) is 0 Å². The molecule has 0 atom stereocenters. The Morgan fingerprint density at radius 3 is 2.56 bits per heavy atom. The predicted molar refractivity (Wildman–Crippen MR) is 61.0 cm³/mol. The molecule has 90 valence electrons. The molecule has 0 saturated heterocycles. The average Bonchev–Trinajstić information content (AvgIpc) is 2.66. The van der Waals surface area contributed by atoms with Gasteiger partial charge in [0.1, 0.15) is 6.54 Å². The van der Waals surface area contributed by atoms with Gasteiger partial charge < -0.3 is 5.11 Å². The number of aliphatic carboxylic acids is 1. The summed E-state index contributed by atoms with van der Waals surface area (Å²) in [7, 11) is -3.69. The lowest BCUT2D eigenvalue weighted by molar-refractivity contribution is -0.137. The summed E-state index contributed by atoms with van der Waals surface area (Å²) < 4.78 is 25.0. The standard InChI is InChI=1S/C9H13NO4S2/c1-7(2)10(5-9(11)12)16(13,14)8-3-4-15-6-8/h3-4,6-7H,5H2,1-2H3,(H,11,12). The molecule has 5 nitrogen and oxygen atoms in total. The van der Waals surface area contributed by atoms with Gasteiger partial charge in [-0.1, -0.05) is 0 Å². The van der Waals surface area contributed by atoms with Gasteiger partial charge in [0.2, 0.25) is 10.0 Å². The van der Waals surface area contributed by atoms with Crippen LogP contribution in [0.1, 0.15) is 13.8 Å². The number of nitrogens with zero attached hydrogens (tertiary/aromatic N) is 1. The second-order valence-corrected chi connectivity index (χ2v) is 6.17. The van der Waals surface area contributed by atoms with Crippen molar-refractivity contribution in [2.24, 2.45) is 0 Å². The predicted octanol–water partition coefficient (Wildman–Crippen LogP) is 1.23. The number of hydrogen-bond donors (Lipinski definition) is 1. The Labute approximate surface area is 98.4 Å². The first kappa shape index (κ1) is 13.1. The molecule has 1 heterocycles. The minimum absolute atomic E-state index is 0.146. The Morgan fingerprint density at radius 1 is 1.56 bits per heavy atom. The van der Waals surface area contributed by atoms with Crippen LogP contribution < -0.4 is 0 Å². The second kappa shape index (κ2) is 4.94. The van der Waals surface area contributed by atoms with Gasteiger partial charge in [-0.3, -0.25) is 4.79 Å². The normalized spacial score (nSPS) is 12.2. The highest BCUT2D eigenvalue weighted by atomic mass is 32.2. The van der Waals surface area contributed by atoms with Gasteiger partial charge in [-0.05, 0) is 25.3 Å². The van der Waals surface area contributed by atoms with Crippen LogP contribution in [0.25, 0.3) is 0 Å². The van der Waals surface area contributed by atoms with E-state index in [1.54, 1.807) is 19.2 Å². The fraction of sp³-hybridized carbons (Fsp3) is 0.444. The van der Waals surface area contributed by atoms with Crippen molar-refractivity contribution in [2.75, 3.05) is 6.54 Å². The van der Waals surface area contributed by atoms with E-state index in [0.29, 0.717) is 0 Å². The van der Waals surface area contributed by atoms with E-state index >= 15 is 0 Å². The summed E-state index contributed by atoms with van der Waals surface area (Å²) >= 11 is 1.26. The molecule has 0 fully saturated rings. The Bertz CT molecular complexity index is 450. The average molecular weight is 263 g/mol. The molecule has 0 aliphatic rings. The second-order valence-electron chi connectivity index (χ2n) is 3.50. The number of hydrogen-bond acceptors (Lipinski definition) is 4. The van der Waals surface area contributed by atoms with Crippen molar-refractivity contribution in [3.05, 3.63) is 16.8 Å². The third kappa shape index (κ3) is 2.81. The zero-order valence-electron chi connectivity index (χ0n) is 8.95. The van der Waals surface area contributed by atoms with Crippen molar-refractivity contribution in [1.29, 1.82) is 0 Å². The number of rotatable bonds is 5. The minimum atomic E-state index is -3.69. The van der Waals surface area contributed by atoms with E-state index in [1.807, 2.05) is 0 Å². The smallest absolute Gasteiger partial charge is 0.318 e. The summed E-state index contributed by atoms with van der Waals surface area (Å²) in [5, 5.41) is 11.8. The van der Waals surface area contributed by atoms with Crippen LogP contribution >= 0.6 is 11.3 Å². The van der Waals surface area contributed by atoms with Crippen molar-refractivity contribution < 1.29 is 18.3 Å². The van der Waals surface area contributed by atoms with Gasteiger partial charge >= 0.3 is 5.97 Å². The molecule has 0 amide bonds. The van der Waals surface area contributed by atoms with Gasteiger partial charge in [-0.2, -0.15) is 15.6 Å². The molecule has 16 heavy (non-hydrogen) atoms. The van der Waals surface area contributed by atoms with Crippen LogP contribution in [0.15, 0.2) is 21.7 Å². The van der Waals surface area contributed by atoms with Crippen LogP contribution in [0.4, 0.5) is 0 Å². The molecule has 0 unspecified atom stereocenters. The lowest BCUT2D eigenvalue weighted by Gasteiger charge is -2.23. The maximum absolute atomic E-state index is 12.0. The van der Waals surface area contributed by atoms with E-state index in [4.69, 9.17) is 5.11 Å². The van der Waals surface area contributed by atoms with Crippen LogP contribution in [0.2, 0.25) is 0 Å². The molecule has 0 radical (unpaired) electrons. The maximum Gasteiger partial charge on any atom is 0.318 e. The summed E-state index contributed by atoms with van der Waals surface area (Å²) in [5.41, 5.74) is 0. The molecule has 1 rings (SSSR count). The van der Waals surface area contributed by atoms with Crippen LogP contribution in [-0.4, -0.2) is 36.4 Å². The van der Waals surface area contributed by atoms with Crippen LogP contribution in [0.3, 0.4) is 0 Å². The van der Waals surface area contributed by atoms with E-state index < -0.39 is 22.5 Å². The fourth-order valence-electron chi connectivity index (χ4n) is 1.21. The summed E-state index contributed by atoms with van der Waals surface area (Å²) in [4.78, 5) is 10.8. The van der Waals surface area contributed by atoms with E-state index in [0.717, 1.165) is 4.31 Å². The third-order valence-corrected chi connectivity index (χ3v) is 4.82. The quantitative estimate of drug-likeness (QED) is 0.867. The van der Waals surface area contributed by atoms with Crippen molar-refractivity contribution in [2.45, 2.75) is 24.8 Å². The third-order valence-electron chi connectivity index (χ3n) is 1.97. The topological polar surface area (TPSA) is 74.7 Å². The number of sulfonamides is 1. The molecule has 0 spiro atoms. The molecule has 1 aromatic heterocycles. The SMILES string of the molecule is CC(C)N(CC(=O)O)S(=O)(=O)c1ccsc1. The Kier molecular flexibility index (Phi) is 4.06. The molecule has 0 bridgehead atoms. The molecule has 1 aromatic rings. The summed E-state index contributed by atoms with van der Waals surface area (Å²) in [6, 6.07) is 1.08. The Balaban J connectivity index is 3.08. The number of carboxylic acid groups (broad SMARTS) is 1. The minimum Gasteiger partial charge on any atom is -0.480 e. The molecule has 7 heteroatoms. The highest BCUT2D eigenvalue weighted by molar-refractivity contribution is 7.89. The van der Waals surface area contributed by atoms with E-state index in [-0.39, 0.29) is 10.9 Å². The van der Waals surface area contributed by atoms with Gasteiger partial charge in [-0.15, -0.1) is 0 Å².